The van der Waals surface area contributed by atoms with Gasteiger partial charge < -0.3 is 14.8 Å². The lowest BCUT2D eigenvalue weighted by atomic mass is 10.1. The van der Waals surface area contributed by atoms with Gasteiger partial charge >= 0.3 is 0 Å². The van der Waals surface area contributed by atoms with E-state index >= 15 is 0 Å². The minimum atomic E-state index is -0.0177. The second-order valence-corrected chi connectivity index (χ2v) is 7.18. The predicted octanol–water partition coefficient (Wildman–Crippen LogP) is 3.93. The third-order valence-electron chi connectivity index (χ3n) is 4.15. The van der Waals surface area contributed by atoms with Gasteiger partial charge in [0, 0.05) is 12.6 Å². The first kappa shape index (κ1) is 15.1. The van der Waals surface area contributed by atoms with Gasteiger partial charge in [0.15, 0.2) is 0 Å². The Hall–Kier alpha value is -0.770. The minimum Gasteiger partial charge on any atom is -0.489 e. The van der Waals surface area contributed by atoms with Crippen LogP contribution in [0.1, 0.15) is 45.1 Å². The van der Waals surface area contributed by atoms with Gasteiger partial charge in [0.2, 0.25) is 0 Å². The second kappa shape index (κ2) is 6.15. The van der Waals surface area contributed by atoms with E-state index in [9.17, 15) is 0 Å². The normalized spacial score (nSPS) is 24.2. The van der Waals surface area contributed by atoms with Gasteiger partial charge in [-0.2, -0.15) is 0 Å². The van der Waals surface area contributed by atoms with Crippen LogP contribution >= 0.6 is 11.6 Å². The lowest BCUT2D eigenvalue weighted by Crippen LogP contribution is -2.24. The maximum atomic E-state index is 6.31. The number of hydrogen-bond acceptors (Lipinski definition) is 3. The summed E-state index contributed by atoms with van der Waals surface area (Å²) in [4.78, 5) is 0. The lowest BCUT2D eigenvalue weighted by molar-refractivity contribution is -0.0326. The zero-order valence-corrected chi connectivity index (χ0v) is 13.6. The summed E-state index contributed by atoms with van der Waals surface area (Å²) in [5.74, 6) is 0.750. The average Bonchev–Trinajstić information content (AvgIpc) is 3.19. The van der Waals surface area contributed by atoms with Crippen molar-refractivity contribution in [2.24, 2.45) is 0 Å². The number of benzene rings is 1. The molecule has 21 heavy (non-hydrogen) atoms. The molecule has 1 heterocycles. The van der Waals surface area contributed by atoms with E-state index in [0.717, 1.165) is 25.1 Å². The van der Waals surface area contributed by atoms with Crippen molar-refractivity contribution in [1.29, 1.82) is 0 Å². The quantitative estimate of drug-likeness (QED) is 0.863. The molecule has 1 saturated heterocycles. The summed E-state index contributed by atoms with van der Waals surface area (Å²) in [6, 6.07) is 6.75. The number of ether oxygens (including phenoxy) is 2. The Morgan fingerprint density at radius 1 is 1.33 bits per heavy atom. The fraction of sp³-hybridized carbons (Fsp3) is 0.647. The van der Waals surface area contributed by atoms with E-state index in [2.05, 4.69) is 25.2 Å². The summed E-state index contributed by atoms with van der Waals surface area (Å²) in [5.41, 5.74) is 1.19. The number of hydrogen-bond donors (Lipinski definition) is 1. The topological polar surface area (TPSA) is 30.5 Å². The second-order valence-electron chi connectivity index (χ2n) is 6.77. The molecule has 0 bridgehead atoms. The Labute approximate surface area is 132 Å². The molecule has 1 aliphatic heterocycles. The summed E-state index contributed by atoms with van der Waals surface area (Å²) in [6.45, 7) is 5.71. The van der Waals surface area contributed by atoms with Gasteiger partial charge in [-0.05, 0) is 57.2 Å². The molecule has 4 heteroatoms. The van der Waals surface area contributed by atoms with Gasteiger partial charge in [0.25, 0.3) is 0 Å². The first-order chi connectivity index (χ1) is 10.0. The summed E-state index contributed by atoms with van der Waals surface area (Å²) >= 11 is 6.31. The van der Waals surface area contributed by atoms with Gasteiger partial charge in [-0.25, -0.2) is 0 Å². The Morgan fingerprint density at radius 3 is 2.76 bits per heavy atom. The highest BCUT2D eigenvalue weighted by Crippen LogP contribution is 2.31. The van der Waals surface area contributed by atoms with E-state index in [0.29, 0.717) is 17.7 Å². The summed E-state index contributed by atoms with van der Waals surface area (Å²) < 4.78 is 11.8. The molecule has 2 aliphatic rings. The molecule has 3 nitrogen and oxygen atoms in total. The minimum absolute atomic E-state index is 0.0177. The van der Waals surface area contributed by atoms with Crippen LogP contribution in [-0.2, 0) is 11.3 Å². The Bertz CT molecular complexity index is 500. The summed E-state index contributed by atoms with van der Waals surface area (Å²) in [5, 5.41) is 4.17. The van der Waals surface area contributed by atoms with Gasteiger partial charge in [-0.3, -0.25) is 0 Å². The first-order valence-electron chi connectivity index (χ1n) is 7.84. The van der Waals surface area contributed by atoms with Gasteiger partial charge in [0.05, 0.1) is 16.7 Å². The van der Waals surface area contributed by atoms with Gasteiger partial charge in [-0.15, -0.1) is 0 Å². The van der Waals surface area contributed by atoms with E-state index in [1.165, 1.54) is 18.4 Å². The van der Waals surface area contributed by atoms with Crippen LogP contribution in [-0.4, -0.2) is 24.4 Å². The number of nitrogens with one attached hydrogen (secondary N) is 1. The van der Waals surface area contributed by atoms with E-state index in [1.807, 2.05) is 12.1 Å². The molecule has 1 saturated carbocycles. The van der Waals surface area contributed by atoms with Gasteiger partial charge in [0.1, 0.15) is 12.4 Å². The molecule has 3 rings (SSSR count). The van der Waals surface area contributed by atoms with Crippen LogP contribution in [0.4, 0.5) is 0 Å². The third kappa shape index (κ3) is 4.35. The van der Waals surface area contributed by atoms with Crippen LogP contribution in [0.3, 0.4) is 0 Å². The van der Waals surface area contributed by atoms with Crippen molar-refractivity contribution >= 4 is 11.6 Å². The van der Waals surface area contributed by atoms with Crippen molar-refractivity contribution in [3.63, 3.8) is 0 Å². The van der Waals surface area contributed by atoms with Crippen molar-refractivity contribution < 1.29 is 9.47 Å². The molecule has 1 unspecified atom stereocenters. The van der Waals surface area contributed by atoms with Crippen molar-refractivity contribution in [2.75, 3.05) is 6.61 Å². The van der Waals surface area contributed by atoms with E-state index in [1.54, 1.807) is 0 Å². The highest BCUT2D eigenvalue weighted by molar-refractivity contribution is 6.32. The van der Waals surface area contributed by atoms with Crippen LogP contribution in [0.25, 0.3) is 0 Å². The number of rotatable bonds is 6. The van der Waals surface area contributed by atoms with Crippen molar-refractivity contribution in [3.8, 4) is 5.75 Å². The monoisotopic (exact) mass is 309 g/mol. The van der Waals surface area contributed by atoms with Crippen LogP contribution in [0, 0.1) is 0 Å². The first-order valence-corrected chi connectivity index (χ1v) is 8.22. The summed E-state index contributed by atoms with van der Waals surface area (Å²) in [7, 11) is 0. The van der Waals surface area contributed by atoms with Crippen LogP contribution in [0.15, 0.2) is 18.2 Å². The fourth-order valence-electron chi connectivity index (χ4n) is 2.70. The summed E-state index contributed by atoms with van der Waals surface area (Å²) in [6.07, 6.45) is 4.90. The molecule has 2 fully saturated rings. The highest BCUT2D eigenvalue weighted by Gasteiger charge is 2.32. The maximum absolute atomic E-state index is 6.31. The van der Waals surface area contributed by atoms with Gasteiger partial charge in [-0.1, -0.05) is 17.7 Å². The molecule has 1 aromatic carbocycles. The van der Waals surface area contributed by atoms with Crippen molar-refractivity contribution in [2.45, 2.75) is 63.8 Å². The molecule has 0 aromatic heterocycles. The van der Waals surface area contributed by atoms with Crippen LogP contribution < -0.4 is 10.1 Å². The van der Waals surface area contributed by atoms with E-state index in [4.69, 9.17) is 21.1 Å². The molecule has 0 spiro atoms. The number of halogens is 1. The largest absolute Gasteiger partial charge is 0.489 e. The average molecular weight is 310 g/mol. The molecule has 0 radical (unpaired) electrons. The molecular formula is C17H24ClNO2. The lowest BCUT2D eigenvalue weighted by Gasteiger charge is -2.19. The molecule has 116 valence electrons. The van der Waals surface area contributed by atoms with Crippen molar-refractivity contribution in [3.05, 3.63) is 28.8 Å². The van der Waals surface area contributed by atoms with E-state index < -0.39 is 0 Å². The molecular weight excluding hydrogens is 286 g/mol. The van der Waals surface area contributed by atoms with E-state index in [-0.39, 0.29) is 11.7 Å². The van der Waals surface area contributed by atoms with Crippen LogP contribution in [0.5, 0.6) is 5.75 Å². The molecule has 1 aliphatic carbocycles. The zero-order valence-electron chi connectivity index (χ0n) is 12.8. The third-order valence-corrected chi connectivity index (χ3v) is 4.44. The maximum Gasteiger partial charge on any atom is 0.138 e. The van der Waals surface area contributed by atoms with Crippen LogP contribution in [0.2, 0.25) is 5.02 Å². The molecule has 0 amide bonds. The SMILES string of the molecule is CC1(C)CCC(COc2ccc(CNC3CC3)cc2Cl)O1. The molecule has 1 aromatic rings. The van der Waals surface area contributed by atoms with Crippen molar-refractivity contribution in [1.82, 2.24) is 5.32 Å². The zero-order chi connectivity index (χ0) is 14.9. The fourth-order valence-corrected chi connectivity index (χ4v) is 2.96. The Balaban J connectivity index is 1.50. The molecule has 1 N–H and O–H groups in total. The molecule has 1 atom stereocenters. The smallest absolute Gasteiger partial charge is 0.138 e. The predicted molar refractivity (Wildman–Crippen MR) is 85.0 cm³/mol. The standard InChI is InChI=1S/C17H24ClNO2/c1-17(2)8-7-14(21-17)11-20-16-6-3-12(9-15(16)18)10-19-13-4-5-13/h3,6,9,13-14,19H,4-5,7-8,10-11H2,1-2H3. The highest BCUT2D eigenvalue weighted by atomic mass is 35.5. The Kier molecular flexibility index (Phi) is 4.43. The Morgan fingerprint density at radius 2 is 2.14 bits per heavy atom.